The molecule has 0 bridgehead atoms. The van der Waals surface area contributed by atoms with E-state index in [-0.39, 0.29) is 11.9 Å². The van der Waals surface area contributed by atoms with Gasteiger partial charge in [0, 0.05) is 6.04 Å². The van der Waals surface area contributed by atoms with Gasteiger partial charge in [-0.2, -0.15) is 0 Å². The third-order valence-corrected chi connectivity index (χ3v) is 3.38. The summed E-state index contributed by atoms with van der Waals surface area (Å²) in [6.07, 6.45) is 1.99. The molecular formula is C16H26N2O. The Morgan fingerprint density at radius 1 is 1.21 bits per heavy atom. The van der Waals surface area contributed by atoms with Gasteiger partial charge in [-0.05, 0) is 38.4 Å². The lowest BCUT2D eigenvalue weighted by Gasteiger charge is -2.20. The van der Waals surface area contributed by atoms with Crippen LogP contribution in [0.15, 0.2) is 30.3 Å². The van der Waals surface area contributed by atoms with Crippen molar-refractivity contribution >= 4 is 5.91 Å². The molecule has 0 spiro atoms. The first-order valence-electron chi connectivity index (χ1n) is 7.21. The van der Waals surface area contributed by atoms with Gasteiger partial charge in [-0.3, -0.25) is 9.69 Å². The molecule has 1 rings (SSSR count). The zero-order valence-corrected chi connectivity index (χ0v) is 12.4. The molecule has 1 atom stereocenters. The number of amides is 1. The quantitative estimate of drug-likeness (QED) is 0.780. The van der Waals surface area contributed by atoms with Gasteiger partial charge in [-0.25, -0.2) is 0 Å². The minimum Gasteiger partial charge on any atom is -0.353 e. The molecule has 1 aromatic rings. The van der Waals surface area contributed by atoms with Gasteiger partial charge < -0.3 is 5.32 Å². The Morgan fingerprint density at radius 3 is 2.42 bits per heavy atom. The number of hydrogen-bond donors (Lipinski definition) is 1. The van der Waals surface area contributed by atoms with Crippen molar-refractivity contribution in [2.24, 2.45) is 0 Å². The van der Waals surface area contributed by atoms with E-state index in [2.05, 4.69) is 55.3 Å². The van der Waals surface area contributed by atoms with Crippen LogP contribution in [0.25, 0.3) is 0 Å². The third kappa shape index (κ3) is 6.39. The Labute approximate surface area is 117 Å². The lowest BCUT2D eigenvalue weighted by Crippen LogP contribution is -2.41. The van der Waals surface area contributed by atoms with Gasteiger partial charge in [-0.1, -0.05) is 44.2 Å². The minimum atomic E-state index is 0.129. The van der Waals surface area contributed by atoms with Gasteiger partial charge >= 0.3 is 0 Å². The van der Waals surface area contributed by atoms with Crippen molar-refractivity contribution in [2.75, 3.05) is 19.6 Å². The number of nitrogens with zero attached hydrogens (tertiary/aromatic N) is 1. The molecule has 0 saturated carbocycles. The van der Waals surface area contributed by atoms with Gasteiger partial charge in [-0.15, -0.1) is 0 Å². The zero-order valence-electron chi connectivity index (χ0n) is 12.4. The van der Waals surface area contributed by atoms with Crippen LogP contribution in [-0.2, 0) is 11.2 Å². The van der Waals surface area contributed by atoms with E-state index in [1.807, 2.05) is 6.07 Å². The van der Waals surface area contributed by atoms with E-state index in [0.717, 1.165) is 25.9 Å². The first-order chi connectivity index (χ1) is 9.15. The fourth-order valence-electron chi connectivity index (χ4n) is 2.07. The molecule has 1 aromatic carbocycles. The van der Waals surface area contributed by atoms with Crippen molar-refractivity contribution in [1.82, 2.24) is 10.2 Å². The lowest BCUT2D eigenvalue weighted by atomic mass is 10.1. The lowest BCUT2D eigenvalue weighted by molar-refractivity contribution is -0.122. The maximum atomic E-state index is 11.8. The number of nitrogens with one attached hydrogen (secondary N) is 1. The molecule has 0 aliphatic heterocycles. The van der Waals surface area contributed by atoms with Gasteiger partial charge in [0.1, 0.15) is 0 Å². The highest BCUT2D eigenvalue weighted by Crippen LogP contribution is 2.04. The highest BCUT2D eigenvalue weighted by Gasteiger charge is 2.10. The summed E-state index contributed by atoms with van der Waals surface area (Å²) in [7, 11) is 0. The van der Waals surface area contributed by atoms with Crippen LogP contribution in [0, 0.1) is 0 Å². The highest BCUT2D eigenvalue weighted by molar-refractivity contribution is 5.78. The molecule has 19 heavy (non-hydrogen) atoms. The summed E-state index contributed by atoms with van der Waals surface area (Å²) in [6, 6.07) is 10.6. The van der Waals surface area contributed by atoms with Crippen LogP contribution in [-0.4, -0.2) is 36.5 Å². The molecule has 0 unspecified atom stereocenters. The second-order valence-corrected chi connectivity index (χ2v) is 4.95. The zero-order chi connectivity index (χ0) is 14.1. The summed E-state index contributed by atoms with van der Waals surface area (Å²) in [5.74, 6) is 0.129. The Kier molecular flexibility index (Phi) is 7.19. The first kappa shape index (κ1) is 15.7. The van der Waals surface area contributed by atoms with Crippen molar-refractivity contribution in [3.05, 3.63) is 35.9 Å². The maximum Gasteiger partial charge on any atom is 0.234 e. The Balaban J connectivity index is 2.27. The molecule has 3 nitrogen and oxygen atoms in total. The van der Waals surface area contributed by atoms with Crippen LogP contribution in [0.1, 0.15) is 32.8 Å². The Bertz CT molecular complexity index is 360. The van der Waals surface area contributed by atoms with E-state index in [9.17, 15) is 4.79 Å². The van der Waals surface area contributed by atoms with Gasteiger partial charge in [0.25, 0.3) is 0 Å². The van der Waals surface area contributed by atoms with Crippen molar-refractivity contribution in [3.8, 4) is 0 Å². The summed E-state index contributed by atoms with van der Waals surface area (Å²) in [5, 5.41) is 3.07. The molecule has 1 amide bonds. The average Bonchev–Trinajstić information content (AvgIpc) is 2.43. The molecule has 0 fully saturated rings. The van der Waals surface area contributed by atoms with Crippen LogP contribution in [0.4, 0.5) is 0 Å². The predicted octanol–water partition coefficient (Wildman–Crippen LogP) is 2.47. The number of carbonyl (C=O) groups is 1. The SMILES string of the molecule is CCN(CC)CC(=O)N[C@H](C)CCc1ccccc1. The largest absolute Gasteiger partial charge is 0.353 e. The molecule has 0 aromatic heterocycles. The predicted molar refractivity (Wildman–Crippen MR) is 80.2 cm³/mol. The molecule has 0 aliphatic rings. The molecule has 1 N–H and O–H groups in total. The smallest absolute Gasteiger partial charge is 0.234 e. The van der Waals surface area contributed by atoms with Crippen molar-refractivity contribution in [2.45, 2.75) is 39.7 Å². The summed E-state index contributed by atoms with van der Waals surface area (Å²) >= 11 is 0. The fraction of sp³-hybridized carbons (Fsp3) is 0.562. The topological polar surface area (TPSA) is 32.3 Å². The summed E-state index contributed by atoms with van der Waals surface area (Å²) < 4.78 is 0. The second-order valence-electron chi connectivity index (χ2n) is 4.95. The molecular weight excluding hydrogens is 236 g/mol. The summed E-state index contributed by atoms with van der Waals surface area (Å²) in [5.41, 5.74) is 1.33. The average molecular weight is 262 g/mol. The second kappa shape index (κ2) is 8.70. The van der Waals surface area contributed by atoms with Gasteiger partial charge in [0.15, 0.2) is 0 Å². The van der Waals surface area contributed by atoms with E-state index < -0.39 is 0 Å². The van der Waals surface area contributed by atoms with Gasteiger partial charge in [0.2, 0.25) is 5.91 Å². The highest BCUT2D eigenvalue weighted by atomic mass is 16.2. The minimum absolute atomic E-state index is 0.129. The van der Waals surface area contributed by atoms with E-state index in [4.69, 9.17) is 0 Å². The van der Waals surface area contributed by atoms with Crippen molar-refractivity contribution < 1.29 is 4.79 Å². The van der Waals surface area contributed by atoms with Crippen molar-refractivity contribution in [3.63, 3.8) is 0 Å². The van der Waals surface area contributed by atoms with E-state index in [0.29, 0.717) is 6.54 Å². The number of carbonyl (C=O) groups excluding carboxylic acids is 1. The fourth-order valence-corrected chi connectivity index (χ4v) is 2.07. The van der Waals surface area contributed by atoms with E-state index >= 15 is 0 Å². The number of aryl methyl sites for hydroxylation is 1. The molecule has 3 heteroatoms. The Hall–Kier alpha value is -1.35. The molecule has 0 heterocycles. The van der Waals surface area contributed by atoms with Crippen molar-refractivity contribution in [1.29, 1.82) is 0 Å². The van der Waals surface area contributed by atoms with E-state index in [1.165, 1.54) is 5.56 Å². The third-order valence-electron chi connectivity index (χ3n) is 3.38. The number of hydrogen-bond acceptors (Lipinski definition) is 2. The standard InChI is InChI=1S/C16H26N2O/c1-4-18(5-2)13-16(19)17-14(3)11-12-15-9-7-6-8-10-15/h6-10,14H,4-5,11-13H2,1-3H3,(H,17,19)/t14-/m1/s1. The molecule has 0 aliphatic carbocycles. The van der Waals surface area contributed by atoms with Crippen LogP contribution >= 0.6 is 0 Å². The monoisotopic (exact) mass is 262 g/mol. The van der Waals surface area contributed by atoms with Crippen LogP contribution in [0.3, 0.4) is 0 Å². The van der Waals surface area contributed by atoms with E-state index in [1.54, 1.807) is 0 Å². The molecule has 106 valence electrons. The van der Waals surface area contributed by atoms with Crippen LogP contribution in [0.2, 0.25) is 0 Å². The Morgan fingerprint density at radius 2 is 1.84 bits per heavy atom. The summed E-state index contributed by atoms with van der Waals surface area (Å²) in [4.78, 5) is 14.0. The normalized spacial score (nSPS) is 12.4. The van der Waals surface area contributed by atoms with Crippen LogP contribution < -0.4 is 5.32 Å². The van der Waals surface area contributed by atoms with Crippen LogP contribution in [0.5, 0.6) is 0 Å². The summed E-state index contributed by atoms with van der Waals surface area (Å²) in [6.45, 7) is 8.57. The number of benzene rings is 1. The first-order valence-corrected chi connectivity index (χ1v) is 7.21. The van der Waals surface area contributed by atoms with Gasteiger partial charge in [0.05, 0.1) is 6.54 Å². The maximum absolute atomic E-state index is 11.8. The molecule has 0 saturated heterocycles. The number of rotatable bonds is 8. The number of likely N-dealkylation sites (N-methyl/N-ethyl adjacent to an activating group) is 1. The molecule has 0 radical (unpaired) electrons.